The largest absolute Gasteiger partial charge is 0.334 e. The maximum Gasteiger partial charge on any atom is 0.242 e. The summed E-state index contributed by atoms with van der Waals surface area (Å²) < 4.78 is 0. The Balaban J connectivity index is 2.07. The van der Waals surface area contributed by atoms with E-state index in [0.29, 0.717) is 13.0 Å². The fraction of sp³-hybridized carbons (Fsp3) is 0.619. The van der Waals surface area contributed by atoms with Gasteiger partial charge in [0.2, 0.25) is 11.8 Å². The number of benzene rings is 1. The monoisotopic (exact) mass is 344 g/mol. The zero-order valence-electron chi connectivity index (χ0n) is 16.3. The van der Waals surface area contributed by atoms with E-state index in [1.54, 1.807) is 4.90 Å². The molecule has 138 valence electrons. The molecule has 2 amide bonds. The summed E-state index contributed by atoms with van der Waals surface area (Å²) in [5, 5.41) is 0. The molecule has 0 saturated carbocycles. The maximum absolute atomic E-state index is 12.9. The third-order valence-corrected chi connectivity index (χ3v) is 4.77. The highest BCUT2D eigenvalue weighted by atomic mass is 16.2. The van der Waals surface area contributed by atoms with Crippen LogP contribution in [0.2, 0.25) is 0 Å². The van der Waals surface area contributed by atoms with Crippen LogP contribution in [0.4, 0.5) is 0 Å². The second-order valence-electron chi connectivity index (χ2n) is 8.26. The quantitative estimate of drug-likeness (QED) is 0.815. The highest BCUT2D eigenvalue weighted by Crippen LogP contribution is 2.29. The summed E-state index contributed by atoms with van der Waals surface area (Å²) in [6.07, 6.45) is 2.22. The van der Waals surface area contributed by atoms with Crippen LogP contribution in [0.25, 0.3) is 0 Å². The molecule has 0 N–H and O–H groups in total. The van der Waals surface area contributed by atoms with Gasteiger partial charge >= 0.3 is 0 Å². The Kier molecular flexibility index (Phi) is 6.26. The average molecular weight is 344 g/mol. The first-order chi connectivity index (χ1) is 11.7. The smallest absolute Gasteiger partial charge is 0.242 e. The molecule has 0 aromatic heterocycles. The van der Waals surface area contributed by atoms with E-state index in [0.717, 1.165) is 19.4 Å². The molecule has 1 aliphatic rings. The van der Waals surface area contributed by atoms with Gasteiger partial charge in [0.1, 0.15) is 0 Å². The number of carbonyl (C=O) groups excluding carboxylic acids is 2. The molecule has 0 aliphatic carbocycles. The van der Waals surface area contributed by atoms with Crippen molar-refractivity contribution in [1.29, 1.82) is 0 Å². The standard InChI is InChI=1S/C21H32N2O2/c1-6-12-22(19(24)14-21(3,4)5)15-20(25)23-13-11-17-9-7-8-10-18(17)16(23)2/h7-10,16H,6,11-15H2,1-5H3. The summed E-state index contributed by atoms with van der Waals surface area (Å²) in [7, 11) is 0. The Morgan fingerprint density at radius 2 is 1.92 bits per heavy atom. The molecule has 0 spiro atoms. The van der Waals surface area contributed by atoms with Crippen LogP contribution in [0.1, 0.15) is 64.6 Å². The summed E-state index contributed by atoms with van der Waals surface area (Å²) in [5.74, 6) is 0.130. The molecule has 1 aromatic rings. The van der Waals surface area contributed by atoms with Gasteiger partial charge < -0.3 is 9.80 Å². The number of nitrogens with zero attached hydrogens (tertiary/aromatic N) is 2. The second kappa shape index (κ2) is 8.03. The topological polar surface area (TPSA) is 40.6 Å². The molecule has 1 aliphatic heterocycles. The number of hydrogen-bond acceptors (Lipinski definition) is 2. The molecular weight excluding hydrogens is 312 g/mol. The van der Waals surface area contributed by atoms with E-state index in [1.165, 1.54) is 11.1 Å². The van der Waals surface area contributed by atoms with Crippen molar-refractivity contribution >= 4 is 11.8 Å². The Hall–Kier alpha value is -1.84. The second-order valence-corrected chi connectivity index (χ2v) is 8.26. The van der Waals surface area contributed by atoms with Crippen molar-refractivity contribution in [3.8, 4) is 0 Å². The van der Waals surface area contributed by atoms with Crippen LogP contribution in [-0.4, -0.2) is 41.2 Å². The molecule has 0 radical (unpaired) electrons. The van der Waals surface area contributed by atoms with E-state index in [4.69, 9.17) is 0 Å². The molecule has 1 unspecified atom stereocenters. The van der Waals surface area contributed by atoms with Crippen LogP contribution in [-0.2, 0) is 16.0 Å². The van der Waals surface area contributed by atoms with E-state index >= 15 is 0 Å². The summed E-state index contributed by atoms with van der Waals surface area (Å²) in [4.78, 5) is 29.2. The van der Waals surface area contributed by atoms with Crippen LogP contribution in [0.3, 0.4) is 0 Å². The van der Waals surface area contributed by atoms with Crippen molar-refractivity contribution < 1.29 is 9.59 Å². The van der Waals surface area contributed by atoms with Gasteiger partial charge in [-0.1, -0.05) is 52.0 Å². The first kappa shape index (κ1) is 19.5. The van der Waals surface area contributed by atoms with E-state index in [9.17, 15) is 9.59 Å². The minimum atomic E-state index is -0.0660. The minimum Gasteiger partial charge on any atom is -0.334 e. The van der Waals surface area contributed by atoms with Crippen molar-refractivity contribution in [2.75, 3.05) is 19.6 Å². The van der Waals surface area contributed by atoms with Gasteiger partial charge in [-0.25, -0.2) is 0 Å². The summed E-state index contributed by atoms with van der Waals surface area (Å²) in [5.41, 5.74) is 2.49. The molecule has 2 rings (SSSR count). The molecule has 0 bridgehead atoms. The van der Waals surface area contributed by atoms with Gasteiger partial charge in [0.15, 0.2) is 0 Å². The molecule has 1 atom stereocenters. The summed E-state index contributed by atoms with van der Waals surface area (Å²) >= 11 is 0. The van der Waals surface area contributed by atoms with Crippen molar-refractivity contribution in [2.45, 2.75) is 59.9 Å². The van der Waals surface area contributed by atoms with E-state index in [2.05, 4.69) is 45.9 Å². The molecule has 4 heteroatoms. The van der Waals surface area contributed by atoms with Gasteiger partial charge in [0.05, 0.1) is 12.6 Å². The van der Waals surface area contributed by atoms with Crippen LogP contribution >= 0.6 is 0 Å². The summed E-state index contributed by atoms with van der Waals surface area (Å²) in [6.45, 7) is 11.8. The molecule has 1 heterocycles. The predicted molar refractivity (Wildman–Crippen MR) is 101 cm³/mol. The molecule has 4 nitrogen and oxygen atoms in total. The lowest BCUT2D eigenvalue weighted by Crippen LogP contribution is -2.46. The average Bonchev–Trinajstić information content (AvgIpc) is 2.53. The SMILES string of the molecule is CCCN(CC(=O)N1CCc2ccccc2C1C)C(=O)CC(C)(C)C. The van der Waals surface area contributed by atoms with Gasteiger partial charge in [-0.15, -0.1) is 0 Å². The lowest BCUT2D eigenvalue weighted by atomic mass is 9.91. The van der Waals surface area contributed by atoms with E-state index in [1.807, 2.05) is 17.9 Å². The number of rotatable bonds is 5. The van der Waals surface area contributed by atoms with Gasteiger partial charge in [0, 0.05) is 19.5 Å². The first-order valence-electron chi connectivity index (χ1n) is 9.38. The van der Waals surface area contributed by atoms with Crippen LogP contribution in [0.5, 0.6) is 0 Å². The van der Waals surface area contributed by atoms with Crippen molar-refractivity contribution in [3.05, 3.63) is 35.4 Å². The third-order valence-electron chi connectivity index (χ3n) is 4.77. The van der Waals surface area contributed by atoms with Crippen LogP contribution in [0.15, 0.2) is 24.3 Å². The number of carbonyl (C=O) groups is 2. The maximum atomic E-state index is 12.9. The molecule has 0 saturated heterocycles. The predicted octanol–water partition coefficient (Wildman–Crippen LogP) is 3.81. The highest BCUT2D eigenvalue weighted by molar-refractivity contribution is 5.85. The van der Waals surface area contributed by atoms with Gasteiger partial charge in [-0.05, 0) is 36.3 Å². The van der Waals surface area contributed by atoms with Crippen molar-refractivity contribution in [3.63, 3.8) is 0 Å². The zero-order valence-corrected chi connectivity index (χ0v) is 16.3. The number of hydrogen-bond donors (Lipinski definition) is 0. The van der Waals surface area contributed by atoms with Gasteiger partial charge in [-0.2, -0.15) is 0 Å². The highest BCUT2D eigenvalue weighted by Gasteiger charge is 2.29. The Morgan fingerprint density at radius 3 is 2.56 bits per heavy atom. The molecule has 0 fully saturated rings. The minimum absolute atomic E-state index is 0.0534. The lowest BCUT2D eigenvalue weighted by molar-refractivity contribution is -0.143. The zero-order chi connectivity index (χ0) is 18.6. The Labute approximate surface area is 152 Å². The number of amides is 2. The van der Waals surface area contributed by atoms with Crippen LogP contribution in [0, 0.1) is 5.41 Å². The first-order valence-corrected chi connectivity index (χ1v) is 9.38. The van der Waals surface area contributed by atoms with Gasteiger partial charge in [-0.3, -0.25) is 9.59 Å². The van der Waals surface area contributed by atoms with E-state index < -0.39 is 0 Å². The van der Waals surface area contributed by atoms with Crippen molar-refractivity contribution in [2.24, 2.45) is 5.41 Å². The fourth-order valence-corrected chi connectivity index (χ4v) is 3.49. The van der Waals surface area contributed by atoms with Gasteiger partial charge in [0.25, 0.3) is 0 Å². The van der Waals surface area contributed by atoms with Crippen LogP contribution < -0.4 is 0 Å². The molecular formula is C21H32N2O2. The fourth-order valence-electron chi connectivity index (χ4n) is 3.49. The Bertz CT molecular complexity index is 619. The van der Waals surface area contributed by atoms with E-state index in [-0.39, 0.29) is 29.8 Å². The molecule has 1 aromatic carbocycles. The molecule has 25 heavy (non-hydrogen) atoms. The van der Waals surface area contributed by atoms with Crippen molar-refractivity contribution in [1.82, 2.24) is 9.80 Å². The number of fused-ring (bicyclic) bond motifs is 1. The third kappa shape index (κ3) is 5.07. The normalized spacial score (nSPS) is 17.2. The Morgan fingerprint density at radius 1 is 1.24 bits per heavy atom. The summed E-state index contributed by atoms with van der Waals surface area (Å²) in [6, 6.07) is 8.40. The lowest BCUT2D eigenvalue weighted by Gasteiger charge is -2.37.